The number of aliphatic hydroxyl groups excluding tert-OH is 1. The van der Waals surface area contributed by atoms with Crippen LogP contribution in [0.5, 0.6) is 11.5 Å². The number of aryl methyl sites for hydroxylation is 1. The van der Waals surface area contributed by atoms with Crippen LogP contribution in [0.4, 0.5) is 0 Å². The largest absolute Gasteiger partial charge is 0.493 e. The molecule has 1 atom stereocenters. The standard InChI is InChI=1S/C17H23NO3S/c1-12-4-7-17(22-12)14(11-19)18-9-8-13-5-6-15(20-2)16(10-13)21-3/h4-7,10,14,18-19H,8-9,11H2,1-3H3/t14-/m0/s1. The molecule has 4 nitrogen and oxygen atoms in total. The summed E-state index contributed by atoms with van der Waals surface area (Å²) in [6, 6.07) is 10.1. The fourth-order valence-electron chi connectivity index (χ4n) is 2.32. The summed E-state index contributed by atoms with van der Waals surface area (Å²) in [6.45, 7) is 2.97. The number of benzene rings is 1. The second kappa shape index (κ2) is 8.17. The fraction of sp³-hybridized carbons (Fsp3) is 0.412. The van der Waals surface area contributed by atoms with E-state index in [4.69, 9.17) is 9.47 Å². The maximum atomic E-state index is 9.54. The molecule has 1 aromatic heterocycles. The van der Waals surface area contributed by atoms with Gasteiger partial charge in [0, 0.05) is 9.75 Å². The summed E-state index contributed by atoms with van der Waals surface area (Å²) in [5.74, 6) is 1.48. The fourth-order valence-corrected chi connectivity index (χ4v) is 3.27. The van der Waals surface area contributed by atoms with Crippen LogP contribution in [0.25, 0.3) is 0 Å². The third-order valence-electron chi connectivity index (χ3n) is 3.54. The lowest BCUT2D eigenvalue weighted by atomic mass is 10.1. The van der Waals surface area contributed by atoms with Crippen molar-refractivity contribution in [3.8, 4) is 11.5 Å². The number of aliphatic hydroxyl groups is 1. The lowest BCUT2D eigenvalue weighted by molar-refractivity contribution is 0.247. The van der Waals surface area contributed by atoms with Gasteiger partial charge >= 0.3 is 0 Å². The van der Waals surface area contributed by atoms with E-state index in [0.717, 1.165) is 24.5 Å². The summed E-state index contributed by atoms with van der Waals surface area (Å²) in [7, 11) is 3.27. The van der Waals surface area contributed by atoms with Gasteiger partial charge in [-0.3, -0.25) is 0 Å². The minimum atomic E-state index is -0.00107. The van der Waals surface area contributed by atoms with Gasteiger partial charge in [-0.1, -0.05) is 6.07 Å². The van der Waals surface area contributed by atoms with Gasteiger partial charge in [0.25, 0.3) is 0 Å². The third kappa shape index (κ3) is 4.22. The van der Waals surface area contributed by atoms with Gasteiger partial charge in [-0.2, -0.15) is 0 Å². The van der Waals surface area contributed by atoms with E-state index in [0.29, 0.717) is 0 Å². The van der Waals surface area contributed by atoms with Crippen LogP contribution in [0.15, 0.2) is 30.3 Å². The highest BCUT2D eigenvalue weighted by Gasteiger charge is 2.11. The predicted molar refractivity (Wildman–Crippen MR) is 90.1 cm³/mol. The van der Waals surface area contributed by atoms with Gasteiger partial charge in [0.1, 0.15) is 0 Å². The molecule has 22 heavy (non-hydrogen) atoms. The van der Waals surface area contributed by atoms with E-state index in [1.54, 1.807) is 25.6 Å². The number of ether oxygens (including phenoxy) is 2. The van der Waals surface area contributed by atoms with Crippen molar-refractivity contribution in [2.24, 2.45) is 0 Å². The van der Waals surface area contributed by atoms with E-state index in [9.17, 15) is 5.11 Å². The van der Waals surface area contributed by atoms with E-state index in [-0.39, 0.29) is 12.6 Å². The molecule has 0 amide bonds. The number of methoxy groups -OCH3 is 2. The molecule has 0 radical (unpaired) electrons. The van der Waals surface area contributed by atoms with Gasteiger partial charge in [-0.25, -0.2) is 0 Å². The second-order valence-electron chi connectivity index (χ2n) is 5.08. The molecule has 1 aromatic carbocycles. The van der Waals surface area contributed by atoms with E-state index in [2.05, 4.69) is 24.4 Å². The summed E-state index contributed by atoms with van der Waals surface area (Å²) in [4.78, 5) is 2.43. The maximum absolute atomic E-state index is 9.54. The summed E-state index contributed by atoms with van der Waals surface area (Å²) >= 11 is 1.72. The number of nitrogens with one attached hydrogen (secondary N) is 1. The van der Waals surface area contributed by atoms with E-state index >= 15 is 0 Å². The van der Waals surface area contributed by atoms with Crippen LogP contribution >= 0.6 is 11.3 Å². The molecule has 2 N–H and O–H groups in total. The molecule has 0 saturated carbocycles. The zero-order chi connectivity index (χ0) is 15.9. The van der Waals surface area contributed by atoms with Gasteiger partial charge in [-0.05, 0) is 49.7 Å². The van der Waals surface area contributed by atoms with Crippen LogP contribution in [-0.2, 0) is 6.42 Å². The topological polar surface area (TPSA) is 50.7 Å². The van der Waals surface area contributed by atoms with Gasteiger partial charge < -0.3 is 19.9 Å². The van der Waals surface area contributed by atoms with Crippen LogP contribution in [-0.4, -0.2) is 32.5 Å². The molecule has 2 aromatic rings. The second-order valence-corrected chi connectivity index (χ2v) is 6.40. The average molecular weight is 321 g/mol. The van der Waals surface area contributed by atoms with Crippen molar-refractivity contribution in [2.75, 3.05) is 27.4 Å². The number of hydrogen-bond donors (Lipinski definition) is 2. The summed E-state index contributed by atoms with van der Waals surface area (Å²) < 4.78 is 10.6. The van der Waals surface area contributed by atoms with Crippen molar-refractivity contribution >= 4 is 11.3 Å². The Morgan fingerprint density at radius 1 is 1.14 bits per heavy atom. The molecular weight excluding hydrogens is 298 g/mol. The van der Waals surface area contributed by atoms with Gasteiger partial charge in [0.15, 0.2) is 11.5 Å². The monoisotopic (exact) mass is 321 g/mol. The van der Waals surface area contributed by atoms with Crippen molar-refractivity contribution in [2.45, 2.75) is 19.4 Å². The Kier molecular flexibility index (Phi) is 6.24. The molecule has 0 saturated heterocycles. The lowest BCUT2D eigenvalue weighted by Crippen LogP contribution is -2.25. The number of hydrogen-bond acceptors (Lipinski definition) is 5. The lowest BCUT2D eigenvalue weighted by Gasteiger charge is -2.15. The molecule has 1 heterocycles. The molecular formula is C17H23NO3S. The van der Waals surface area contributed by atoms with Crippen LogP contribution < -0.4 is 14.8 Å². The van der Waals surface area contributed by atoms with Gasteiger partial charge in [-0.15, -0.1) is 11.3 Å². The minimum absolute atomic E-state index is 0.00107. The smallest absolute Gasteiger partial charge is 0.160 e. The Labute approximate surface area is 135 Å². The Balaban J connectivity index is 1.92. The highest BCUT2D eigenvalue weighted by molar-refractivity contribution is 7.12. The van der Waals surface area contributed by atoms with Crippen LogP contribution in [0, 0.1) is 6.92 Å². The molecule has 0 aliphatic heterocycles. The van der Waals surface area contributed by atoms with Gasteiger partial charge in [0.2, 0.25) is 0 Å². The highest BCUT2D eigenvalue weighted by atomic mass is 32.1. The Hall–Kier alpha value is -1.56. The first-order valence-electron chi connectivity index (χ1n) is 7.29. The zero-order valence-corrected chi connectivity index (χ0v) is 14.1. The Bertz CT molecular complexity index is 597. The van der Waals surface area contributed by atoms with Crippen molar-refractivity contribution < 1.29 is 14.6 Å². The molecule has 0 unspecified atom stereocenters. The molecule has 5 heteroatoms. The molecule has 2 rings (SSSR count). The van der Waals surface area contributed by atoms with E-state index < -0.39 is 0 Å². The first-order valence-corrected chi connectivity index (χ1v) is 8.11. The van der Waals surface area contributed by atoms with E-state index in [1.807, 2.05) is 18.2 Å². The number of rotatable bonds is 8. The zero-order valence-electron chi connectivity index (χ0n) is 13.3. The van der Waals surface area contributed by atoms with Crippen molar-refractivity contribution in [1.82, 2.24) is 5.32 Å². The summed E-state index contributed by atoms with van der Waals surface area (Å²) in [5, 5.41) is 12.9. The minimum Gasteiger partial charge on any atom is -0.493 e. The first kappa shape index (κ1) is 16.8. The molecule has 0 spiro atoms. The normalized spacial score (nSPS) is 12.2. The summed E-state index contributed by atoms with van der Waals surface area (Å²) in [6.07, 6.45) is 0.862. The van der Waals surface area contributed by atoms with Crippen LogP contribution in [0.2, 0.25) is 0 Å². The van der Waals surface area contributed by atoms with Crippen molar-refractivity contribution in [3.63, 3.8) is 0 Å². The van der Waals surface area contributed by atoms with Crippen molar-refractivity contribution in [3.05, 3.63) is 45.6 Å². The molecule has 120 valence electrons. The van der Waals surface area contributed by atoms with Crippen molar-refractivity contribution in [1.29, 1.82) is 0 Å². The Morgan fingerprint density at radius 3 is 2.50 bits per heavy atom. The third-order valence-corrected chi connectivity index (χ3v) is 4.65. The average Bonchev–Trinajstić information content (AvgIpc) is 2.97. The summed E-state index contributed by atoms with van der Waals surface area (Å²) in [5.41, 5.74) is 1.17. The quantitative estimate of drug-likeness (QED) is 0.785. The van der Waals surface area contributed by atoms with Crippen LogP contribution in [0.1, 0.15) is 21.4 Å². The first-order chi connectivity index (χ1) is 10.7. The van der Waals surface area contributed by atoms with Crippen LogP contribution in [0.3, 0.4) is 0 Å². The molecule has 0 aliphatic carbocycles. The number of thiophene rings is 1. The highest BCUT2D eigenvalue weighted by Crippen LogP contribution is 2.28. The van der Waals surface area contributed by atoms with Gasteiger partial charge in [0.05, 0.1) is 26.9 Å². The predicted octanol–water partition coefficient (Wildman–Crippen LogP) is 2.94. The Morgan fingerprint density at radius 2 is 1.91 bits per heavy atom. The molecule has 0 fully saturated rings. The molecule has 0 bridgehead atoms. The maximum Gasteiger partial charge on any atom is 0.160 e. The molecule has 0 aliphatic rings. The SMILES string of the molecule is COc1ccc(CCN[C@@H](CO)c2ccc(C)s2)cc1OC. The van der Waals surface area contributed by atoms with E-state index in [1.165, 1.54) is 15.3 Å².